The first-order valence-corrected chi connectivity index (χ1v) is 9.76. The molecule has 1 aromatic heterocycles. The summed E-state index contributed by atoms with van der Waals surface area (Å²) in [5.74, 6) is 0. The van der Waals surface area contributed by atoms with Crippen LogP contribution in [0.4, 0.5) is 22.7 Å². The monoisotopic (exact) mass is 566 g/mol. The molecule has 3 heterocycles. The minimum atomic E-state index is 0. The number of rotatable bonds is 1. The summed E-state index contributed by atoms with van der Waals surface area (Å²) in [7, 11) is 4.27. The standard InChI is InChI=1S/C24H18BN4.Ir/c1-28-20-9-5-3-7-17(20)25-18-8-4-6-10-21(18)29(2)23-14-16(13-22(28)24(23)25)19-15-26-11-12-27-19;/h3-13,15H,1-2H3;/q-1;. The molecule has 0 saturated carbocycles. The number of anilines is 4. The first kappa shape index (κ1) is 19.0. The molecule has 6 rings (SSSR count). The molecule has 0 spiro atoms. The molecule has 0 unspecified atom stereocenters. The number of para-hydroxylation sites is 2. The quantitative estimate of drug-likeness (QED) is 0.263. The predicted octanol–water partition coefficient (Wildman–Crippen LogP) is 2.62. The van der Waals surface area contributed by atoms with Crippen LogP contribution in [0, 0.1) is 6.07 Å². The van der Waals surface area contributed by atoms with Gasteiger partial charge in [0.15, 0.2) is 6.71 Å². The molecule has 2 aliphatic rings. The van der Waals surface area contributed by atoms with Gasteiger partial charge >= 0.3 is 0 Å². The largest absolute Gasteiger partial charge is 0.363 e. The third-order valence-electron chi connectivity index (χ3n) is 6.11. The van der Waals surface area contributed by atoms with Crippen LogP contribution in [0.2, 0.25) is 0 Å². The number of aromatic nitrogens is 2. The van der Waals surface area contributed by atoms with Gasteiger partial charge in [-0.2, -0.15) is 0 Å². The van der Waals surface area contributed by atoms with Crippen LogP contribution < -0.4 is 26.2 Å². The average molecular weight is 565 g/mol. The Kier molecular flexibility index (Phi) is 4.50. The fraction of sp³-hybridized carbons (Fsp3) is 0.0833. The van der Waals surface area contributed by atoms with Crippen molar-refractivity contribution >= 4 is 45.9 Å². The van der Waals surface area contributed by atoms with E-state index in [9.17, 15) is 0 Å². The SMILES string of the molecule is CN1c2[c-]c(-c3cnccn3)cc3c2B(c2ccccc21)c1ccccc1N3C.[Ir]. The van der Waals surface area contributed by atoms with Crippen LogP contribution in [0.3, 0.4) is 0 Å². The molecule has 3 aromatic carbocycles. The van der Waals surface area contributed by atoms with E-state index in [1.165, 1.54) is 33.5 Å². The molecule has 0 saturated heterocycles. The summed E-state index contributed by atoms with van der Waals surface area (Å²) in [6.45, 7) is 0.201. The van der Waals surface area contributed by atoms with Gasteiger partial charge in [-0.05, 0) is 23.5 Å². The van der Waals surface area contributed by atoms with Crippen LogP contribution in [0.5, 0.6) is 0 Å². The smallest absolute Gasteiger partial charge is 0.200 e. The average Bonchev–Trinajstić information content (AvgIpc) is 2.79. The molecule has 0 atom stereocenters. The first-order valence-electron chi connectivity index (χ1n) is 9.76. The van der Waals surface area contributed by atoms with E-state index < -0.39 is 0 Å². The zero-order valence-electron chi connectivity index (χ0n) is 16.6. The predicted molar refractivity (Wildman–Crippen MR) is 120 cm³/mol. The summed E-state index contributed by atoms with van der Waals surface area (Å²) in [6.07, 6.45) is 5.23. The molecule has 30 heavy (non-hydrogen) atoms. The van der Waals surface area contributed by atoms with Gasteiger partial charge in [-0.15, -0.1) is 17.7 Å². The van der Waals surface area contributed by atoms with E-state index in [0.29, 0.717) is 0 Å². The van der Waals surface area contributed by atoms with Crippen molar-refractivity contribution < 1.29 is 20.1 Å². The zero-order valence-corrected chi connectivity index (χ0v) is 19.0. The minimum Gasteiger partial charge on any atom is -0.363 e. The van der Waals surface area contributed by atoms with Gasteiger partial charge in [-0.1, -0.05) is 52.8 Å². The van der Waals surface area contributed by atoms with E-state index >= 15 is 0 Å². The Balaban J connectivity index is 0.00000193. The topological polar surface area (TPSA) is 32.3 Å². The normalized spacial score (nSPS) is 13.2. The Morgan fingerprint density at radius 2 is 1.50 bits per heavy atom. The Hall–Kier alpha value is -2.95. The van der Waals surface area contributed by atoms with Gasteiger partial charge in [0.05, 0.1) is 0 Å². The van der Waals surface area contributed by atoms with Crippen LogP contribution in [0.15, 0.2) is 73.2 Å². The molecular weight excluding hydrogens is 547 g/mol. The molecule has 0 amide bonds. The summed E-state index contributed by atoms with van der Waals surface area (Å²) in [4.78, 5) is 13.3. The first-order chi connectivity index (χ1) is 14.2. The van der Waals surface area contributed by atoms with Gasteiger partial charge in [0.25, 0.3) is 0 Å². The van der Waals surface area contributed by atoms with Gasteiger partial charge in [0.2, 0.25) is 0 Å². The molecule has 4 nitrogen and oxygen atoms in total. The third-order valence-corrected chi connectivity index (χ3v) is 6.11. The molecule has 0 bridgehead atoms. The second-order valence-corrected chi connectivity index (χ2v) is 7.59. The van der Waals surface area contributed by atoms with Crippen molar-refractivity contribution in [3.8, 4) is 11.3 Å². The maximum absolute atomic E-state index is 4.52. The van der Waals surface area contributed by atoms with E-state index in [-0.39, 0.29) is 26.8 Å². The van der Waals surface area contributed by atoms with Crippen molar-refractivity contribution in [2.45, 2.75) is 0 Å². The molecule has 0 aliphatic carbocycles. The maximum atomic E-state index is 4.52. The van der Waals surface area contributed by atoms with E-state index in [1.54, 1.807) is 18.6 Å². The van der Waals surface area contributed by atoms with Crippen molar-refractivity contribution in [1.82, 2.24) is 9.97 Å². The number of nitrogens with zero attached hydrogens (tertiary/aromatic N) is 4. The van der Waals surface area contributed by atoms with Crippen molar-refractivity contribution in [3.63, 3.8) is 0 Å². The van der Waals surface area contributed by atoms with E-state index in [2.05, 4.69) is 94.5 Å². The molecule has 6 heteroatoms. The Morgan fingerprint density at radius 1 is 0.833 bits per heavy atom. The number of fused-ring (bicyclic) bond motifs is 4. The number of hydrogen-bond donors (Lipinski definition) is 0. The second kappa shape index (κ2) is 7.08. The summed E-state index contributed by atoms with van der Waals surface area (Å²) >= 11 is 0. The Morgan fingerprint density at radius 3 is 2.17 bits per heavy atom. The van der Waals surface area contributed by atoms with E-state index in [0.717, 1.165) is 16.9 Å². The molecule has 1 radical (unpaired) electrons. The van der Waals surface area contributed by atoms with Gasteiger partial charge in [0.1, 0.15) is 0 Å². The molecule has 4 aromatic rings. The Bertz CT molecular complexity index is 1190. The summed E-state index contributed by atoms with van der Waals surface area (Å²) < 4.78 is 0. The second-order valence-electron chi connectivity index (χ2n) is 7.59. The van der Waals surface area contributed by atoms with Gasteiger partial charge in [0, 0.05) is 69.9 Å². The minimum absolute atomic E-state index is 0. The van der Waals surface area contributed by atoms with Crippen LogP contribution >= 0.6 is 0 Å². The third kappa shape index (κ3) is 2.57. The van der Waals surface area contributed by atoms with Crippen LogP contribution in [0.1, 0.15) is 0 Å². The maximum Gasteiger partial charge on any atom is 0.200 e. The molecule has 2 aliphatic heterocycles. The van der Waals surface area contributed by atoms with Gasteiger partial charge in [-0.25, -0.2) is 0 Å². The molecule has 147 valence electrons. The van der Waals surface area contributed by atoms with Crippen molar-refractivity contribution in [3.05, 3.63) is 79.3 Å². The van der Waals surface area contributed by atoms with Crippen molar-refractivity contribution in [2.75, 3.05) is 23.9 Å². The van der Waals surface area contributed by atoms with E-state index in [4.69, 9.17) is 0 Å². The number of hydrogen-bond acceptors (Lipinski definition) is 4. The van der Waals surface area contributed by atoms with Crippen LogP contribution in [-0.2, 0) is 20.1 Å². The molecule has 0 fully saturated rings. The number of benzene rings is 3. The fourth-order valence-corrected chi connectivity index (χ4v) is 4.77. The molecule has 0 N–H and O–H groups in total. The van der Waals surface area contributed by atoms with Crippen molar-refractivity contribution in [1.29, 1.82) is 0 Å². The fourth-order valence-electron chi connectivity index (χ4n) is 4.77. The van der Waals surface area contributed by atoms with E-state index in [1.807, 2.05) is 0 Å². The zero-order chi connectivity index (χ0) is 19.5. The van der Waals surface area contributed by atoms with Gasteiger partial charge in [-0.3, -0.25) is 4.98 Å². The Labute approximate surface area is 190 Å². The van der Waals surface area contributed by atoms with Gasteiger partial charge < -0.3 is 14.8 Å². The van der Waals surface area contributed by atoms with Crippen LogP contribution in [0.25, 0.3) is 11.3 Å². The summed E-state index contributed by atoms with van der Waals surface area (Å²) in [6, 6.07) is 23.3. The molecular formula is C24H18BIrN4-. The van der Waals surface area contributed by atoms with Crippen LogP contribution in [-0.4, -0.2) is 30.8 Å². The summed E-state index contributed by atoms with van der Waals surface area (Å²) in [5.41, 5.74) is 10.5. The summed E-state index contributed by atoms with van der Waals surface area (Å²) in [5, 5.41) is 0. The van der Waals surface area contributed by atoms with Crippen molar-refractivity contribution in [2.24, 2.45) is 0 Å².